The Morgan fingerprint density at radius 3 is 2.74 bits per heavy atom. The lowest BCUT2D eigenvalue weighted by Gasteiger charge is -2.05. The zero-order valence-electron chi connectivity index (χ0n) is 12.4. The largest absolute Gasteiger partial charge is 0.475 e. The quantitative estimate of drug-likeness (QED) is 0.785. The van der Waals surface area contributed by atoms with E-state index in [4.69, 9.17) is 15.7 Å². The van der Waals surface area contributed by atoms with Crippen LogP contribution in [0.15, 0.2) is 42.6 Å². The average Bonchev–Trinajstić information content (AvgIpc) is 2.93. The number of hydrogen-bond donors (Lipinski definition) is 1. The van der Waals surface area contributed by atoms with Crippen LogP contribution < -0.4 is 10.5 Å². The molecule has 23 heavy (non-hydrogen) atoms. The molecule has 0 saturated heterocycles. The Morgan fingerprint density at radius 1 is 1.26 bits per heavy atom. The first-order valence-corrected chi connectivity index (χ1v) is 7.20. The fourth-order valence-corrected chi connectivity index (χ4v) is 2.53. The second kappa shape index (κ2) is 6.46. The molecule has 3 rings (SSSR count). The highest BCUT2D eigenvalue weighted by atomic mass is 19.1. The van der Waals surface area contributed by atoms with E-state index in [-0.39, 0.29) is 12.4 Å². The van der Waals surface area contributed by atoms with Gasteiger partial charge in [0.25, 0.3) is 0 Å². The Kier molecular flexibility index (Phi) is 4.22. The summed E-state index contributed by atoms with van der Waals surface area (Å²) in [7, 11) is 0. The van der Waals surface area contributed by atoms with Crippen LogP contribution in [0.5, 0.6) is 5.75 Å². The fraction of sp³-hybridized carbons (Fsp3) is 0.176. The molecule has 0 amide bonds. The van der Waals surface area contributed by atoms with E-state index in [1.54, 1.807) is 18.2 Å². The molecule has 0 unspecified atom stereocenters. The number of pyridine rings is 1. The summed E-state index contributed by atoms with van der Waals surface area (Å²) in [6.45, 7) is 0.413. The summed E-state index contributed by atoms with van der Waals surface area (Å²) in [5.74, 6) is 0.233. The first kappa shape index (κ1) is 15.0. The van der Waals surface area contributed by atoms with Gasteiger partial charge in [0.2, 0.25) is 0 Å². The van der Waals surface area contributed by atoms with E-state index in [0.29, 0.717) is 24.4 Å². The standard InChI is InChI=1S/C17H15FN4O/c18-13-5-3-12(4-6-13)16-14(7-8-19)22-10-1-2-15(17(22)21-16)23-11-9-20/h1-6,10H,7-8,11,19H2. The minimum Gasteiger partial charge on any atom is -0.475 e. The number of nitriles is 1. The Bertz CT molecular complexity index is 865. The van der Waals surface area contributed by atoms with Gasteiger partial charge < -0.3 is 14.9 Å². The van der Waals surface area contributed by atoms with Crippen LogP contribution in [0.4, 0.5) is 4.39 Å². The summed E-state index contributed by atoms with van der Waals surface area (Å²) in [4.78, 5) is 4.63. The number of halogens is 1. The van der Waals surface area contributed by atoms with Crippen molar-refractivity contribution in [2.75, 3.05) is 13.2 Å². The van der Waals surface area contributed by atoms with Gasteiger partial charge in [0.05, 0.1) is 11.4 Å². The number of fused-ring (bicyclic) bond motifs is 1. The molecule has 0 aliphatic carbocycles. The SMILES string of the molecule is N#CCOc1cccn2c(CCN)c(-c3ccc(F)cc3)nc12. The summed E-state index contributed by atoms with van der Waals surface area (Å²) < 4.78 is 20.5. The molecule has 0 bridgehead atoms. The van der Waals surface area contributed by atoms with Crippen LogP contribution in [0.25, 0.3) is 16.9 Å². The molecule has 2 aromatic heterocycles. The third-order valence-electron chi connectivity index (χ3n) is 3.50. The summed E-state index contributed by atoms with van der Waals surface area (Å²) in [5, 5.41) is 8.69. The Labute approximate surface area is 132 Å². The molecule has 0 spiro atoms. The molecule has 3 aromatic rings. The van der Waals surface area contributed by atoms with Crippen molar-refractivity contribution < 1.29 is 9.13 Å². The van der Waals surface area contributed by atoms with Gasteiger partial charge in [-0.1, -0.05) is 0 Å². The minimum absolute atomic E-state index is 0.0510. The second-order valence-electron chi connectivity index (χ2n) is 4.97. The number of nitrogens with two attached hydrogens (primary N) is 1. The fourth-order valence-electron chi connectivity index (χ4n) is 2.53. The van der Waals surface area contributed by atoms with Crippen LogP contribution in [0.1, 0.15) is 5.69 Å². The Hall–Kier alpha value is -2.91. The number of benzene rings is 1. The van der Waals surface area contributed by atoms with E-state index in [1.165, 1.54) is 12.1 Å². The van der Waals surface area contributed by atoms with Crippen LogP contribution in [-0.4, -0.2) is 22.5 Å². The molecule has 2 N–H and O–H groups in total. The number of rotatable bonds is 5. The maximum atomic E-state index is 13.2. The van der Waals surface area contributed by atoms with Gasteiger partial charge in [-0.15, -0.1) is 0 Å². The zero-order chi connectivity index (χ0) is 16.2. The van der Waals surface area contributed by atoms with Gasteiger partial charge in [0, 0.05) is 18.2 Å². The number of hydrogen-bond acceptors (Lipinski definition) is 4. The van der Waals surface area contributed by atoms with E-state index in [2.05, 4.69) is 4.98 Å². The van der Waals surface area contributed by atoms with Gasteiger partial charge in [-0.05, 0) is 42.9 Å². The smallest absolute Gasteiger partial charge is 0.180 e. The first-order chi connectivity index (χ1) is 11.2. The maximum Gasteiger partial charge on any atom is 0.180 e. The van der Waals surface area contributed by atoms with Gasteiger partial charge in [-0.25, -0.2) is 9.37 Å². The molecule has 0 aliphatic rings. The molecule has 1 aromatic carbocycles. The predicted octanol–water partition coefficient (Wildman–Crippen LogP) is 2.54. The first-order valence-electron chi connectivity index (χ1n) is 7.20. The summed E-state index contributed by atoms with van der Waals surface area (Å²) in [5.41, 5.74) is 8.82. The molecular formula is C17H15FN4O. The van der Waals surface area contributed by atoms with Crippen LogP contribution in [-0.2, 0) is 6.42 Å². The number of imidazole rings is 1. The van der Waals surface area contributed by atoms with E-state index in [1.807, 2.05) is 22.7 Å². The monoisotopic (exact) mass is 310 g/mol. The highest BCUT2D eigenvalue weighted by Crippen LogP contribution is 2.29. The Morgan fingerprint density at radius 2 is 2.04 bits per heavy atom. The molecule has 5 nitrogen and oxygen atoms in total. The number of ether oxygens (including phenoxy) is 1. The average molecular weight is 310 g/mol. The molecule has 6 heteroatoms. The van der Waals surface area contributed by atoms with E-state index >= 15 is 0 Å². The molecule has 2 heterocycles. The highest BCUT2D eigenvalue weighted by Gasteiger charge is 2.16. The van der Waals surface area contributed by atoms with E-state index in [0.717, 1.165) is 17.0 Å². The van der Waals surface area contributed by atoms with Gasteiger partial charge in [-0.3, -0.25) is 0 Å². The van der Waals surface area contributed by atoms with Crippen molar-refractivity contribution in [3.8, 4) is 23.1 Å². The van der Waals surface area contributed by atoms with Crippen molar-refractivity contribution in [3.05, 3.63) is 54.1 Å². The van der Waals surface area contributed by atoms with Crippen molar-refractivity contribution >= 4 is 5.65 Å². The predicted molar refractivity (Wildman–Crippen MR) is 84.5 cm³/mol. The summed E-state index contributed by atoms with van der Waals surface area (Å²) >= 11 is 0. The number of aromatic nitrogens is 2. The maximum absolute atomic E-state index is 13.2. The highest BCUT2D eigenvalue weighted by molar-refractivity contribution is 5.69. The van der Waals surface area contributed by atoms with Crippen molar-refractivity contribution in [1.29, 1.82) is 5.26 Å². The van der Waals surface area contributed by atoms with E-state index < -0.39 is 0 Å². The van der Waals surface area contributed by atoms with Crippen LogP contribution in [0.2, 0.25) is 0 Å². The molecule has 0 saturated carbocycles. The molecule has 0 fully saturated rings. The van der Waals surface area contributed by atoms with Crippen molar-refractivity contribution in [2.24, 2.45) is 5.73 Å². The molecular weight excluding hydrogens is 295 g/mol. The zero-order valence-corrected chi connectivity index (χ0v) is 12.4. The van der Waals surface area contributed by atoms with Crippen LogP contribution in [0, 0.1) is 17.1 Å². The third-order valence-corrected chi connectivity index (χ3v) is 3.50. The molecule has 0 aliphatic heterocycles. The van der Waals surface area contributed by atoms with Crippen LogP contribution >= 0.6 is 0 Å². The third kappa shape index (κ3) is 2.87. The van der Waals surface area contributed by atoms with Crippen molar-refractivity contribution in [1.82, 2.24) is 9.38 Å². The lowest BCUT2D eigenvalue weighted by molar-refractivity contribution is 0.370. The molecule has 0 radical (unpaired) electrons. The molecule has 0 atom stereocenters. The van der Waals surface area contributed by atoms with Gasteiger partial charge in [0.1, 0.15) is 11.9 Å². The van der Waals surface area contributed by atoms with Crippen LogP contribution in [0.3, 0.4) is 0 Å². The normalized spacial score (nSPS) is 10.7. The van der Waals surface area contributed by atoms with Gasteiger partial charge in [0.15, 0.2) is 18.0 Å². The van der Waals surface area contributed by atoms with Crippen molar-refractivity contribution in [2.45, 2.75) is 6.42 Å². The summed E-state index contributed by atoms with van der Waals surface area (Å²) in [6.07, 6.45) is 2.50. The summed E-state index contributed by atoms with van der Waals surface area (Å²) in [6, 6.07) is 11.7. The number of nitrogens with zero attached hydrogens (tertiary/aromatic N) is 3. The topological polar surface area (TPSA) is 76.3 Å². The van der Waals surface area contributed by atoms with Crippen molar-refractivity contribution in [3.63, 3.8) is 0 Å². The lowest BCUT2D eigenvalue weighted by Crippen LogP contribution is -2.06. The second-order valence-corrected chi connectivity index (χ2v) is 4.97. The Balaban J connectivity index is 2.18. The lowest BCUT2D eigenvalue weighted by atomic mass is 10.1. The molecule has 116 valence electrons. The van der Waals surface area contributed by atoms with Gasteiger partial charge >= 0.3 is 0 Å². The van der Waals surface area contributed by atoms with Gasteiger partial charge in [-0.2, -0.15) is 5.26 Å². The van der Waals surface area contributed by atoms with E-state index in [9.17, 15) is 4.39 Å². The minimum atomic E-state index is -0.295.